The van der Waals surface area contributed by atoms with Gasteiger partial charge in [0, 0.05) is 12.6 Å². The highest BCUT2D eigenvalue weighted by atomic mass is 32.1. The highest BCUT2D eigenvalue weighted by Crippen LogP contribution is 2.27. The lowest BCUT2D eigenvalue weighted by molar-refractivity contribution is 0.245. The van der Waals surface area contributed by atoms with Crippen molar-refractivity contribution in [2.75, 3.05) is 19.7 Å². The quantitative estimate of drug-likeness (QED) is 0.857. The zero-order chi connectivity index (χ0) is 14.8. The highest BCUT2D eigenvalue weighted by molar-refractivity contribution is 7.71. The van der Waals surface area contributed by atoms with Gasteiger partial charge >= 0.3 is 0 Å². The fourth-order valence-corrected chi connectivity index (χ4v) is 3.61. The summed E-state index contributed by atoms with van der Waals surface area (Å²) in [6.45, 7) is 8.19. The third-order valence-electron chi connectivity index (χ3n) is 4.37. The Balaban J connectivity index is 1.97. The van der Waals surface area contributed by atoms with Gasteiger partial charge in [0.2, 0.25) is 0 Å². The third-order valence-corrected chi connectivity index (χ3v) is 4.69. The fraction of sp³-hybridized carbons (Fsp3) is 0.562. The predicted octanol–water partition coefficient (Wildman–Crippen LogP) is 3.58. The molecule has 1 aliphatic rings. The number of para-hydroxylation sites is 1. The van der Waals surface area contributed by atoms with Crippen LogP contribution < -0.4 is 4.74 Å². The molecule has 1 fully saturated rings. The second kappa shape index (κ2) is 6.20. The average Bonchev–Trinajstić information content (AvgIpc) is 3.06. The smallest absolute Gasteiger partial charge is 0.178 e. The van der Waals surface area contributed by atoms with E-state index in [1.165, 1.54) is 19.4 Å². The van der Waals surface area contributed by atoms with Gasteiger partial charge in [0.05, 0.1) is 12.1 Å². The molecule has 114 valence electrons. The van der Waals surface area contributed by atoms with Gasteiger partial charge in [-0.3, -0.25) is 4.90 Å². The van der Waals surface area contributed by atoms with Gasteiger partial charge in [-0.25, -0.2) is 0 Å². The highest BCUT2D eigenvalue weighted by Gasteiger charge is 2.24. The summed E-state index contributed by atoms with van der Waals surface area (Å²) in [7, 11) is 0. The molecule has 1 unspecified atom stereocenters. The normalized spacial score (nSPS) is 19.4. The number of nitrogens with zero attached hydrogens (tertiary/aromatic N) is 2. The number of likely N-dealkylation sites (N-methyl/N-ethyl adjacent to an activating group) is 1. The van der Waals surface area contributed by atoms with Crippen molar-refractivity contribution in [1.29, 1.82) is 0 Å². The first-order valence-electron chi connectivity index (χ1n) is 7.83. The van der Waals surface area contributed by atoms with Gasteiger partial charge in [0.25, 0.3) is 0 Å². The number of hydrogen-bond donors (Lipinski definition) is 1. The number of hydrogen-bond acceptors (Lipinski definition) is 3. The first kappa shape index (κ1) is 14.6. The van der Waals surface area contributed by atoms with Crippen LogP contribution >= 0.6 is 12.2 Å². The summed E-state index contributed by atoms with van der Waals surface area (Å²) in [6, 6.07) is 6.75. The number of H-pyrrole nitrogens is 1. The Bertz CT molecular complexity index is 676. The molecule has 2 aromatic rings. The standard InChI is InChI=1S/C16H23N3OS/c1-3-18-10-6-7-12(18)11-19-13-8-5-9-14(20-4-2)15(13)17-16(19)21/h5,8-9,12H,3-4,6-7,10-11H2,1-2H3,(H,17,21). The lowest BCUT2D eigenvalue weighted by Crippen LogP contribution is -2.32. The minimum absolute atomic E-state index is 0.594. The third kappa shape index (κ3) is 2.72. The van der Waals surface area contributed by atoms with Gasteiger partial charge in [-0.2, -0.15) is 0 Å². The summed E-state index contributed by atoms with van der Waals surface area (Å²) in [5.74, 6) is 0.888. The maximum absolute atomic E-state index is 5.70. The fourth-order valence-electron chi connectivity index (χ4n) is 3.34. The van der Waals surface area contributed by atoms with Gasteiger partial charge in [-0.05, 0) is 57.2 Å². The molecule has 5 heteroatoms. The number of benzene rings is 1. The Kier molecular flexibility index (Phi) is 4.31. The first-order valence-corrected chi connectivity index (χ1v) is 8.23. The van der Waals surface area contributed by atoms with E-state index in [4.69, 9.17) is 17.0 Å². The molecular formula is C16H23N3OS. The van der Waals surface area contributed by atoms with E-state index in [0.717, 1.165) is 34.6 Å². The summed E-state index contributed by atoms with van der Waals surface area (Å²) in [6.07, 6.45) is 2.55. The van der Waals surface area contributed by atoms with E-state index in [9.17, 15) is 0 Å². The summed E-state index contributed by atoms with van der Waals surface area (Å²) in [5, 5.41) is 0. The maximum atomic E-state index is 5.70. The van der Waals surface area contributed by atoms with Crippen molar-refractivity contribution < 1.29 is 4.74 Å². The molecule has 0 radical (unpaired) electrons. The van der Waals surface area contributed by atoms with E-state index >= 15 is 0 Å². The molecule has 0 spiro atoms. The second-order valence-corrected chi connectivity index (χ2v) is 5.94. The Morgan fingerprint density at radius 1 is 1.38 bits per heavy atom. The van der Waals surface area contributed by atoms with Crippen molar-refractivity contribution in [2.45, 2.75) is 39.3 Å². The molecule has 0 aliphatic carbocycles. The molecule has 0 amide bonds. The zero-order valence-electron chi connectivity index (χ0n) is 12.8. The molecule has 0 bridgehead atoms. The van der Waals surface area contributed by atoms with Crippen LogP contribution in [0.2, 0.25) is 0 Å². The number of nitrogens with one attached hydrogen (secondary N) is 1. The number of imidazole rings is 1. The molecule has 1 N–H and O–H groups in total. The van der Waals surface area contributed by atoms with Crippen LogP contribution in [0.15, 0.2) is 18.2 Å². The van der Waals surface area contributed by atoms with Crippen LogP contribution in [0.5, 0.6) is 5.75 Å². The molecule has 21 heavy (non-hydrogen) atoms. The second-order valence-electron chi connectivity index (χ2n) is 5.55. The van der Waals surface area contributed by atoms with Crippen LogP contribution in [0, 0.1) is 4.77 Å². The Hall–Kier alpha value is -1.33. The molecule has 2 heterocycles. The summed E-state index contributed by atoms with van der Waals surface area (Å²) in [4.78, 5) is 5.87. The minimum atomic E-state index is 0.594. The van der Waals surface area contributed by atoms with E-state index in [-0.39, 0.29) is 0 Å². The lowest BCUT2D eigenvalue weighted by Gasteiger charge is -2.23. The van der Waals surface area contributed by atoms with Crippen LogP contribution in [0.3, 0.4) is 0 Å². The molecule has 1 atom stereocenters. The number of ether oxygens (including phenoxy) is 1. The number of likely N-dealkylation sites (tertiary alicyclic amines) is 1. The van der Waals surface area contributed by atoms with Gasteiger partial charge in [0.15, 0.2) is 4.77 Å². The SMILES string of the molecule is CCOc1cccc2c1[nH]c(=S)n2CC1CCCN1CC. The Morgan fingerprint density at radius 3 is 3.00 bits per heavy atom. The largest absolute Gasteiger partial charge is 0.492 e. The zero-order valence-corrected chi connectivity index (χ0v) is 13.6. The number of rotatable bonds is 5. The number of aromatic amines is 1. The van der Waals surface area contributed by atoms with Crippen molar-refractivity contribution in [3.05, 3.63) is 23.0 Å². The van der Waals surface area contributed by atoms with Crippen molar-refractivity contribution in [3.8, 4) is 5.75 Å². The maximum Gasteiger partial charge on any atom is 0.178 e. The number of fused-ring (bicyclic) bond motifs is 1. The molecule has 1 aromatic carbocycles. The molecule has 3 rings (SSSR count). The average molecular weight is 305 g/mol. The van der Waals surface area contributed by atoms with Gasteiger partial charge in [-0.15, -0.1) is 0 Å². The van der Waals surface area contributed by atoms with E-state index in [2.05, 4.69) is 27.4 Å². The first-order chi connectivity index (χ1) is 10.2. The molecular weight excluding hydrogens is 282 g/mol. The van der Waals surface area contributed by atoms with Crippen LogP contribution in [0.25, 0.3) is 11.0 Å². The van der Waals surface area contributed by atoms with Crippen LogP contribution in [-0.2, 0) is 6.54 Å². The van der Waals surface area contributed by atoms with Crippen molar-refractivity contribution >= 4 is 23.3 Å². The topological polar surface area (TPSA) is 33.2 Å². The monoisotopic (exact) mass is 305 g/mol. The van der Waals surface area contributed by atoms with Crippen LogP contribution in [0.1, 0.15) is 26.7 Å². The van der Waals surface area contributed by atoms with E-state index < -0.39 is 0 Å². The van der Waals surface area contributed by atoms with Crippen molar-refractivity contribution in [1.82, 2.24) is 14.5 Å². The van der Waals surface area contributed by atoms with E-state index in [1.807, 2.05) is 19.1 Å². The van der Waals surface area contributed by atoms with E-state index in [1.54, 1.807) is 0 Å². The minimum Gasteiger partial charge on any atom is -0.492 e. The molecule has 1 aliphatic heterocycles. The summed E-state index contributed by atoms with van der Waals surface area (Å²) in [5.41, 5.74) is 2.17. The molecule has 4 nitrogen and oxygen atoms in total. The molecule has 1 saturated heterocycles. The summed E-state index contributed by atoms with van der Waals surface area (Å²) < 4.78 is 8.72. The van der Waals surface area contributed by atoms with Gasteiger partial charge < -0.3 is 14.3 Å². The molecule has 1 aromatic heterocycles. The van der Waals surface area contributed by atoms with Crippen molar-refractivity contribution in [2.24, 2.45) is 0 Å². The van der Waals surface area contributed by atoms with Crippen LogP contribution in [0.4, 0.5) is 0 Å². The van der Waals surface area contributed by atoms with Crippen molar-refractivity contribution in [3.63, 3.8) is 0 Å². The van der Waals surface area contributed by atoms with Gasteiger partial charge in [-0.1, -0.05) is 13.0 Å². The Labute approximate surface area is 130 Å². The Morgan fingerprint density at radius 2 is 2.24 bits per heavy atom. The van der Waals surface area contributed by atoms with Crippen LogP contribution in [-0.4, -0.2) is 40.2 Å². The molecule has 0 saturated carbocycles. The predicted molar refractivity (Wildman–Crippen MR) is 88.6 cm³/mol. The summed E-state index contributed by atoms with van der Waals surface area (Å²) >= 11 is 5.54. The van der Waals surface area contributed by atoms with Gasteiger partial charge in [0.1, 0.15) is 11.3 Å². The number of aromatic nitrogens is 2. The van der Waals surface area contributed by atoms with E-state index in [0.29, 0.717) is 12.6 Å². The lowest BCUT2D eigenvalue weighted by atomic mass is 10.2.